The van der Waals surface area contributed by atoms with Crippen LogP contribution in [0, 0.1) is 5.41 Å². The Morgan fingerprint density at radius 1 is 1.21 bits per heavy atom. The number of rotatable bonds is 8. The van der Waals surface area contributed by atoms with Crippen LogP contribution in [0.5, 0.6) is 0 Å². The first-order valence-electron chi connectivity index (χ1n) is 9.42. The smallest absolute Gasteiger partial charge is 0.224 e. The third kappa shape index (κ3) is 5.32. The topological polar surface area (TPSA) is 58.4 Å². The predicted octanol–water partition coefficient (Wildman–Crippen LogP) is 3.77. The van der Waals surface area contributed by atoms with Gasteiger partial charge in [-0.15, -0.1) is 0 Å². The lowest BCUT2D eigenvalue weighted by atomic mass is 9.71. The van der Waals surface area contributed by atoms with Gasteiger partial charge in [-0.1, -0.05) is 45.2 Å². The maximum Gasteiger partial charge on any atom is 0.224 e. The van der Waals surface area contributed by atoms with Gasteiger partial charge in [0.25, 0.3) is 0 Å². The van der Waals surface area contributed by atoms with Crippen molar-refractivity contribution in [3.63, 3.8) is 0 Å². The Labute approximate surface area is 146 Å². The number of nitrogens with one attached hydrogen (secondary N) is 1. The summed E-state index contributed by atoms with van der Waals surface area (Å²) in [6.07, 6.45) is 6.38. The molecule has 3 N–H and O–H groups in total. The molecule has 0 radical (unpaired) electrons. The van der Waals surface area contributed by atoms with Crippen molar-refractivity contribution in [2.75, 3.05) is 25.0 Å². The van der Waals surface area contributed by atoms with Gasteiger partial charge in [0.15, 0.2) is 0 Å². The van der Waals surface area contributed by atoms with Crippen LogP contribution in [0.15, 0.2) is 24.3 Å². The molecule has 0 spiro atoms. The molecule has 1 aromatic carbocycles. The zero-order valence-electron chi connectivity index (χ0n) is 15.3. The van der Waals surface area contributed by atoms with E-state index >= 15 is 0 Å². The zero-order chi connectivity index (χ0) is 17.4. The molecule has 0 heterocycles. The van der Waals surface area contributed by atoms with Crippen molar-refractivity contribution in [2.24, 2.45) is 11.1 Å². The summed E-state index contributed by atoms with van der Waals surface area (Å²) in [5, 5.41) is 3.08. The van der Waals surface area contributed by atoms with Crippen molar-refractivity contribution in [2.45, 2.75) is 58.9 Å². The number of nitrogens with two attached hydrogens (primary N) is 1. The Bertz CT molecular complexity index is 519. The van der Waals surface area contributed by atoms with Gasteiger partial charge in [0.05, 0.1) is 0 Å². The number of nitrogens with zero attached hydrogens (tertiary/aromatic N) is 1. The monoisotopic (exact) mass is 331 g/mol. The molecule has 1 aliphatic carbocycles. The van der Waals surface area contributed by atoms with E-state index in [1.54, 1.807) is 0 Å². The van der Waals surface area contributed by atoms with Crippen LogP contribution in [-0.4, -0.2) is 30.4 Å². The van der Waals surface area contributed by atoms with E-state index in [1.807, 2.05) is 12.1 Å². The van der Waals surface area contributed by atoms with Gasteiger partial charge >= 0.3 is 0 Å². The van der Waals surface area contributed by atoms with Gasteiger partial charge in [0.2, 0.25) is 5.91 Å². The van der Waals surface area contributed by atoms with Crippen LogP contribution in [0.2, 0.25) is 0 Å². The van der Waals surface area contributed by atoms with Crippen LogP contribution in [-0.2, 0) is 11.3 Å². The number of hydrogen-bond donors (Lipinski definition) is 2. The molecular formula is C20H33N3O. The average molecular weight is 332 g/mol. The highest BCUT2D eigenvalue weighted by atomic mass is 16.1. The molecule has 1 fully saturated rings. The second-order valence-electron chi connectivity index (χ2n) is 7.15. The largest absolute Gasteiger partial charge is 0.330 e. The quantitative estimate of drug-likeness (QED) is 0.762. The fraction of sp³-hybridized carbons (Fsp3) is 0.650. The van der Waals surface area contributed by atoms with E-state index in [0.717, 1.165) is 38.2 Å². The van der Waals surface area contributed by atoms with Crippen molar-refractivity contribution >= 4 is 11.6 Å². The lowest BCUT2D eigenvalue weighted by Gasteiger charge is -2.35. The summed E-state index contributed by atoms with van der Waals surface area (Å²) in [5.41, 5.74) is 8.15. The van der Waals surface area contributed by atoms with Gasteiger partial charge in [0.1, 0.15) is 0 Å². The Morgan fingerprint density at radius 2 is 1.92 bits per heavy atom. The number of amides is 1. The van der Waals surface area contributed by atoms with E-state index in [4.69, 9.17) is 5.73 Å². The second kappa shape index (κ2) is 9.19. The molecule has 0 bridgehead atoms. The van der Waals surface area contributed by atoms with Gasteiger partial charge in [-0.25, -0.2) is 0 Å². The first-order chi connectivity index (χ1) is 11.6. The summed E-state index contributed by atoms with van der Waals surface area (Å²) in [5.74, 6) is 0.0994. The number of anilines is 1. The summed E-state index contributed by atoms with van der Waals surface area (Å²) >= 11 is 0. The Morgan fingerprint density at radius 3 is 2.54 bits per heavy atom. The van der Waals surface area contributed by atoms with Gasteiger partial charge in [-0.2, -0.15) is 0 Å². The Balaban J connectivity index is 1.96. The van der Waals surface area contributed by atoms with Gasteiger partial charge < -0.3 is 11.1 Å². The SMILES string of the molecule is CCN(CC)Cc1cccc(NC(=O)CC2(CN)CCCCC2)c1. The van der Waals surface area contributed by atoms with E-state index in [9.17, 15) is 4.79 Å². The minimum Gasteiger partial charge on any atom is -0.330 e. The van der Waals surface area contributed by atoms with E-state index < -0.39 is 0 Å². The fourth-order valence-electron chi connectivity index (χ4n) is 3.75. The second-order valence-corrected chi connectivity index (χ2v) is 7.15. The van der Waals surface area contributed by atoms with Crippen molar-refractivity contribution in [3.05, 3.63) is 29.8 Å². The Kier molecular flexibility index (Phi) is 7.25. The highest BCUT2D eigenvalue weighted by molar-refractivity contribution is 5.91. The standard InChI is InChI=1S/C20H33N3O/c1-3-23(4-2)15-17-9-8-10-18(13-17)22-19(24)14-20(16-21)11-6-5-7-12-20/h8-10,13H,3-7,11-12,14-16,21H2,1-2H3,(H,22,24). The van der Waals surface area contributed by atoms with Crippen LogP contribution in [0.4, 0.5) is 5.69 Å². The summed E-state index contributed by atoms with van der Waals surface area (Å²) in [4.78, 5) is 14.9. The Hall–Kier alpha value is -1.39. The van der Waals surface area contributed by atoms with Gasteiger partial charge in [-0.3, -0.25) is 9.69 Å². The predicted molar refractivity (Wildman–Crippen MR) is 101 cm³/mol. The molecule has 1 saturated carbocycles. The van der Waals surface area contributed by atoms with E-state index in [-0.39, 0.29) is 11.3 Å². The molecule has 4 heteroatoms. The fourth-order valence-corrected chi connectivity index (χ4v) is 3.75. The first kappa shape index (κ1) is 18.9. The highest BCUT2D eigenvalue weighted by Gasteiger charge is 2.32. The molecule has 24 heavy (non-hydrogen) atoms. The molecule has 134 valence electrons. The van der Waals surface area contributed by atoms with Crippen LogP contribution in [0.3, 0.4) is 0 Å². The van der Waals surface area contributed by atoms with E-state index in [2.05, 4.69) is 36.2 Å². The minimum absolute atomic E-state index is 0.0150. The molecule has 1 aliphatic rings. The molecule has 0 aliphatic heterocycles. The third-order valence-corrected chi connectivity index (χ3v) is 5.39. The van der Waals surface area contributed by atoms with E-state index in [1.165, 1.54) is 24.8 Å². The molecule has 2 rings (SSSR count). The summed E-state index contributed by atoms with van der Waals surface area (Å²) in [6.45, 7) is 7.95. The highest BCUT2D eigenvalue weighted by Crippen LogP contribution is 2.38. The van der Waals surface area contributed by atoms with Crippen LogP contribution in [0.25, 0.3) is 0 Å². The summed E-state index contributed by atoms with van der Waals surface area (Å²) in [7, 11) is 0. The molecule has 0 unspecified atom stereocenters. The molecule has 0 aromatic heterocycles. The molecule has 0 saturated heterocycles. The minimum atomic E-state index is 0.0150. The first-order valence-corrected chi connectivity index (χ1v) is 9.42. The van der Waals surface area contributed by atoms with Crippen molar-refractivity contribution in [1.29, 1.82) is 0 Å². The molecule has 1 amide bonds. The van der Waals surface area contributed by atoms with Crippen LogP contribution in [0.1, 0.15) is 57.9 Å². The van der Waals surface area contributed by atoms with Gasteiger partial charge in [0, 0.05) is 18.7 Å². The zero-order valence-corrected chi connectivity index (χ0v) is 15.3. The lowest BCUT2D eigenvalue weighted by Crippen LogP contribution is -2.36. The van der Waals surface area contributed by atoms with Crippen molar-refractivity contribution in [3.8, 4) is 0 Å². The van der Waals surface area contributed by atoms with Crippen LogP contribution < -0.4 is 11.1 Å². The number of carbonyl (C=O) groups is 1. The molecule has 4 nitrogen and oxygen atoms in total. The lowest BCUT2D eigenvalue weighted by molar-refractivity contribution is -0.118. The van der Waals surface area contributed by atoms with Crippen molar-refractivity contribution in [1.82, 2.24) is 4.90 Å². The average Bonchev–Trinajstić information content (AvgIpc) is 2.60. The number of carbonyl (C=O) groups excluding carboxylic acids is 1. The molecule has 1 aromatic rings. The number of hydrogen-bond acceptors (Lipinski definition) is 3. The van der Waals surface area contributed by atoms with Crippen molar-refractivity contribution < 1.29 is 4.79 Å². The summed E-state index contributed by atoms with van der Waals surface area (Å²) < 4.78 is 0. The molecular weight excluding hydrogens is 298 g/mol. The normalized spacial score (nSPS) is 17.0. The van der Waals surface area contributed by atoms with E-state index in [0.29, 0.717) is 13.0 Å². The van der Waals surface area contributed by atoms with Gasteiger partial charge in [-0.05, 0) is 55.6 Å². The number of benzene rings is 1. The molecule has 0 atom stereocenters. The summed E-state index contributed by atoms with van der Waals surface area (Å²) in [6, 6.07) is 8.20. The van der Waals surface area contributed by atoms with Crippen LogP contribution >= 0.6 is 0 Å². The maximum absolute atomic E-state index is 12.5. The third-order valence-electron chi connectivity index (χ3n) is 5.39. The maximum atomic E-state index is 12.5.